The molecular weight excluding hydrogens is 430 g/mol. The molecule has 2 heterocycles. The van der Waals surface area contributed by atoms with Crippen LogP contribution in [0.4, 0.5) is 4.79 Å². The maximum atomic E-state index is 12.7. The van der Waals surface area contributed by atoms with E-state index in [0.29, 0.717) is 34.8 Å². The molecule has 0 aliphatic carbocycles. The molecule has 1 N–H and O–H groups in total. The molecule has 0 aromatic heterocycles. The third-order valence-corrected chi connectivity index (χ3v) is 6.46. The van der Waals surface area contributed by atoms with Crippen LogP contribution in [-0.4, -0.2) is 73.8 Å². The second kappa shape index (κ2) is 10.9. The summed E-state index contributed by atoms with van der Waals surface area (Å²) in [4.78, 5) is 41.0. The fourth-order valence-electron chi connectivity index (χ4n) is 4.27. The number of nitrogens with zero attached hydrogens (tertiary/aromatic N) is 2. The molecule has 1 aromatic rings. The van der Waals surface area contributed by atoms with Crippen LogP contribution in [0.5, 0.6) is 11.5 Å². The van der Waals surface area contributed by atoms with Crippen LogP contribution >= 0.6 is 11.8 Å². The van der Waals surface area contributed by atoms with E-state index in [1.165, 1.54) is 18.4 Å². The van der Waals surface area contributed by atoms with E-state index >= 15 is 0 Å². The lowest BCUT2D eigenvalue weighted by molar-refractivity contribution is -0.125. The highest BCUT2D eigenvalue weighted by Gasteiger charge is 2.34. The van der Waals surface area contributed by atoms with Crippen LogP contribution in [0.3, 0.4) is 0 Å². The summed E-state index contributed by atoms with van der Waals surface area (Å²) < 4.78 is 10.5. The van der Waals surface area contributed by atoms with Crippen LogP contribution in [0, 0.1) is 11.8 Å². The molecule has 174 valence electrons. The molecule has 3 amide bonds. The molecule has 2 aliphatic rings. The number of carbonyl (C=O) groups is 3. The highest BCUT2D eigenvalue weighted by atomic mass is 32.2. The number of thioether (sulfide) groups is 1. The number of rotatable bonds is 8. The summed E-state index contributed by atoms with van der Waals surface area (Å²) in [6.45, 7) is 6.97. The predicted octanol–water partition coefficient (Wildman–Crippen LogP) is 2.83. The largest absolute Gasteiger partial charge is 0.493 e. The van der Waals surface area contributed by atoms with Gasteiger partial charge in [0, 0.05) is 26.2 Å². The van der Waals surface area contributed by atoms with Crippen molar-refractivity contribution in [2.45, 2.75) is 20.3 Å². The number of ether oxygens (including phenoxy) is 2. The molecule has 2 fully saturated rings. The molecule has 0 spiro atoms. The number of nitrogens with one attached hydrogen (secondary N) is 1. The number of carbonyl (C=O) groups excluding carboxylic acids is 3. The van der Waals surface area contributed by atoms with E-state index in [-0.39, 0.29) is 30.1 Å². The zero-order chi connectivity index (χ0) is 23.3. The summed E-state index contributed by atoms with van der Waals surface area (Å²) in [5.74, 6) is 1.85. The first-order valence-electron chi connectivity index (χ1n) is 10.8. The van der Waals surface area contributed by atoms with Crippen molar-refractivity contribution < 1.29 is 23.9 Å². The first kappa shape index (κ1) is 24.1. The monoisotopic (exact) mass is 461 g/mol. The van der Waals surface area contributed by atoms with E-state index < -0.39 is 0 Å². The van der Waals surface area contributed by atoms with Crippen LogP contribution in [0.25, 0.3) is 6.08 Å². The first-order chi connectivity index (χ1) is 15.3. The smallest absolute Gasteiger partial charge is 0.293 e. The third-order valence-electron chi connectivity index (χ3n) is 5.55. The Labute approximate surface area is 193 Å². The number of imide groups is 1. The van der Waals surface area contributed by atoms with Gasteiger partial charge in [0.1, 0.15) is 0 Å². The molecule has 2 saturated heterocycles. The Morgan fingerprint density at radius 2 is 1.84 bits per heavy atom. The zero-order valence-electron chi connectivity index (χ0n) is 19.1. The predicted molar refractivity (Wildman–Crippen MR) is 125 cm³/mol. The minimum Gasteiger partial charge on any atom is -0.493 e. The quantitative estimate of drug-likeness (QED) is 0.596. The second-order valence-electron chi connectivity index (χ2n) is 8.44. The maximum Gasteiger partial charge on any atom is 0.293 e. The number of amides is 3. The van der Waals surface area contributed by atoms with Gasteiger partial charge in [0.2, 0.25) is 5.91 Å². The number of hydrogen-bond acceptors (Lipinski definition) is 7. The van der Waals surface area contributed by atoms with Crippen molar-refractivity contribution in [2.75, 3.05) is 46.9 Å². The Bertz CT molecular complexity index is 894. The minimum atomic E-state index is -0.359. The average Bonchev–Trinajstić information content (AvgIpc) is 3.00. The normalized spacial score (nSPS) is 23.0. The van der Waals surface area contributed by atoms with Gasteiger partial charge < -0.3 is 14.8 Å². The summed E-state index contributed by atoms with van der Waals surface area (Å²) in [5.41, 5.74) is 0.728. The standard InChI is InChI=1S/C23H31N3O5S/c1-15-9-16(2)13-25(12-15)14-21(27)24-7-8-26-22(28)20(32-23(26)29)11-17-5-6-18(30-3)19(10-17)31-4/h5-6,10-11,15-16H,7-9,12-14H2,1-4H3,(H,24,27)/b20-11+. The van der Waals surface area contributed by atoms with Crippen molar-refractivity contribution in [3.63, 3.8) is 0 Å². The SMILES string of the molecule is COc1ccc(/C=C2/SC(=O)N(CCNC(=O)CN3CC(C)CC(C)C3)C2=O)cc1OC. The van der Waals surface area contributed by atoms with Gasteiger partial charge in [0.25, 0.3) is 11.1 Å². The molecule has 0 saturated carbocycles. The van der Waals surface area contributed by atoms with Gasteiger partial charge >= 0.3 is 0 Å². The van der Waals surface area contributed by atoms with E-state index in [1.54, 1.807) is 31.4 Å². The zero-order valence-corrected chi connectivity index (χ0v) is 19.9. The number of benzene rings is 1. The summed E-state index contributed by atoms with van der Waals surface area (Å²) in [5, 5.41) is 2.50. The fourth-order valence-corrected chi connectivity index (χ4v) is 5.14. The maximum absolute atomic E-state index is 12.7. The van der Waals surface area contributed by atoms with Gasteiger partial charge in [-0.25, -0.2) is 0 Å². The highest BCUT2D eigenvalue weighted by molar-refractivity contribution is 8.18. The van der Waals surface area contributed by atoms with Gasteiger partial charge in [0.15, 0.2) is 11.5 Å². The molecule has 32 heavy (non-hydrogen) atoms. The van der Waals surface area contributed by atoms with Crippen LogP contribution in [0.15, 0.2) is 23.1 Å². The Morgan fingerprint density at radius 1 is 1.16 bits per heavy atom. The lowest BCUT2D eigenvalue weighted by Gasteiger charge is -2.34. The Balaban J connectivity index is 1.53. The fraction of sp³-hybridized carbons (Fsp3) is 0.522. The van der Waals surface area contributed by atoms with E-state index in [4.69, 9.17) is 9.47 Å². The Hall–Kier alpha value is -2.52. The summed E-state index contributed by atoms with van der Waals surface area (Å²) >= 11 is 0.893. The van der Waals surface area contributed by atoms with Gasteiger partial charge in [0.05, 0.1) is 25.7 Å². The van der Waals surface area contributed by atoms with Gasteiger partial charge in [-0.3, -0.25) is 24.2 Å². The summed E-state index contributed by atoms with van der Waals surface area (Å²) in [6.07, 6.45) is 2.85. The van der Waals surface area contributed by atoms with Crippen molar-refractivity contribution in [3.8, 4) is 11.5 Å². The van der Waals surface area contributed by atoms with E-state index in [9.17, 15) is 14.4 Å². The number of likely N-dealkylation sites (tertiary alicyclic amines) is 1. The highest BCUT2D eigenvalue weighted by Crippen LogP contribution is 2.34. The van der Waals surface area contributed by atoms with Gasteiger partial charge in [-0.1, -0.05) is 19.9 Å². The van der Waals surface area contributed by atoms with Crippen molar-refractivity contribution in [3.05, 3.63) is 28.7 Å². The molecule has 1 aromatic carbocycles. The lowest BCUT2D eigenvalue weighted by Crippen LogP contribution is -2.46. The van der Waals surface area contributed by atoms with Crippen molar-refractivity contribution in [1.82, 2.24) is 15.1 Å². The molecular formula is C23H31N3O5S. The molecule has 0 bridgehead atoms. The number of piperidine rings is 1. The number of hydrogen-bond donors (Lipinski definition) is 1. The van der Waals surface area contributed by atoms with Crippen LogP contribution < -0.4 is 14.8 Å². The minimum absolute atomic E-state index is 0.0841. The Morgan fingerprint density at radius 3 is 2.50 bits per heavy atom. The molecule has 9 heteroatoms. The molecule has 8 nitrogen and oxygen atoms in total. The molecule has 2 unspecified atom stereocenters. The molecule has 2 atom stereocenters. The van der Waals surface area contributed by atoms with Crippen molar-refractivity contribution in [1.29, 1.82) is 0 Å². The van der Waals surface area contributed by atoms with E-state index in [0.717, 1.165) is 30.4 Å². The average molecular weight is 462 g/mol. The van der Waals surface area contributed by atoms with Gasteiger partial charge in [-0.2, -0.15) is 0 Å². The molecule has 3 rings (SSSR count). The van der Waals surface area contributed by atoms with Crippen molar-refractivity contribution >= 4 is 34.9 Å². The van der Waals surface area contributed by atoms with Crippen LogP contribution in [0.2, 0.25) is 0 Å². The summed E-state index contributed by atoms with van der Waals surface area (Å²) in [6, 6.07) is 5.28. The third kappa shape index (κ3) is 6.04. The number of methoxy groups -OCH3 is 2. The van der Waals surface area contributed by atoms with Crippen LogP contribution in [0.1, 0.15) is 25.8 Å². The molecule has 0 radical (unpaired) electrons. The topological polar surface area (TPSA) is 88.2 Å². The lowest BCUT2D eigenvalue weighted by atomic mass is 9.92. The second-order valence-corrected chi connectivity index (χ2v) is 9.43. The van der Waals surface area contributed by atoms with Gasteiger partial charge in [-0.15, -0.1) is 0 Å². The first-order valence-corrected chi connectivity index (χ1v) is 11.6. The molecule has 2 aliphatic heterocycles. The summed E-state index contributed by atoms with van der Waals surface area (Å²) in [7, 11) is 3.09. The van der Waals surface area contributed by atoms with Crippen molar-refractivity contribution in [2.24, 2.45) is 11.8 Å². The van der Waals surface area contributed by atoms with Crippen LogP contribution in [-0.2, 0) is 9.59 Å². The van der Waals surface area contributed by atoms with E-state index in [2.05, 4.69) is 24.1 Å². The van der Waals surface area contributed by atoms with Gasteiger partial charge in [-0.05, 0) is 53.8 Å². The van der Waals surface area contributed by atoms with E-state index in [1.807, 2.05) is 0 Å². The Kier molecular flexibility index (Phi) is 8.20.